The second kappa shape index (κ2) is 10.9. The average Bonchev–Trinajstić information content (AvgIpc) is 2.86. The molecule has 34 heavy (non-hydrogen) atoms. The minimum Gasteiger partial charge on any atom is -0.494 e. The number of anilines is 5. The van der Waals surface area contributed by atoms with Crippen LogP contribution in [0.2, 0.25) is 5.02 Å². The van der Waals surface area contributed by atoms with Gasteiger partial charge < -0.3 is 25.2 Å². The first kappa shape index (κ1) is 24.1. The van der Waals surface area contributed by atoms with E-state index in [-0.39, 0.29) is 0 Å². The van der Waals surface area contributed by atoms with Crippen molar-refractivity contribution < 1.29 is 9.30 Å². The highest BCUT2D eigenvalue weighted by Gasteiger charge is 2.18. The second-order valence-electron chi connectivity index (χ2n) is 7.84. The second-order valence-corrected chi connectivity index (χ2v) is 9.49. The molecule has 0 radical (unpaired) electrons. The lowest BCUT2D eigenvalue weighted by molar-refractivity contribution is 0.271. The van der Waals surface area contributed by atoms with Gasteiger partial charge in [0.25, 0.3) is 0 Å². The number of nitrogens with zero attached hydrogens (tertiary/aromatic N) is 4. The Bertz CT molecular complexity index is 1220. The summed E-state index contributed by atoms with van der Waals surface area (Å²) < 4.78 is 17.6. The Morgan fingerprint density at radius 3 is 2.59 bits per heavy atom. The summed E-state index contributed by atoms with van der Waals surface area (Å²) in [6.07, 6.45) is 5.16. The van der Waals surface area contributed by atoms with Crippen molar-refractivity contribution in [3.8, 4) is 5.75 Å². The van der Waals surface area contributed by atoms with Gasteiger partial charge >= 0.3 is 0 Å². The summed E-state index contributed by atoms with van der Waals surface area (Å²) >= 11 is 6.33. The number of hydrogen-bond donors (Lipinski definition) is 2. The molecule has 1 aliphatic heterocycles. The topological polar surface area (TPSA) is 82.6 Å². The lowest BCUT2D eigenvalue weighted by Gasteiger charge is -2.35. The zero-order valence-corrected chi connectivity index (χ0v) is 20.9. The predicted octanol–water partition coefficient (Wildman–Crippen LogP) is 4.65. The van der Waals surface area contributed by atoms with Crippen molar-refractivity contribution in [3.05, 3.63) is 53.7 Å². The van der Waals surface area contributed by atoms with Gasteiger partial charge in [0.05, 0.1) is 30.0 Å². The molecule has 10 heteroatoms. The first-order chi connectivity index (χ1) is 16.5. The number of aromatic nitrogens is 2. The lowest BCUT2D eigenvalue weighted by Crippen LogP contribution is -2.46. The maximum atomic E-state index is 12.0. The number of hydrogen-bond acceptors (Lipinski definition) is 8. The molecule has 2 aromatic carbocycles. The number of nitrogens with one attached hydrogen (secondary N) is 2. The molecule has 0 spiro atoms. The Labute approximate surface area is 205 Å². The SMILES string of the molecule is C=P(=O)c1ccccc1Nc1nc(Nc2ccc(N3CCN(CC)CC3)cc2OC)ncc1Cl. The standard InChI is InChI=1S/C24H28ClN6O2P/c1-4-30-11-13-31(14-12-30)17-9-10-19(21(15-17)33-2)28-24-26-16-18(25)23(29-24)27-20-7-5-6-8-22(20)34(3)32/h5-10,15-16H,3-4,11-14H2,1-2H3,(H2,26,27,28,29). The third-order valence-electron chi connectivity index (χ3n) is 5.79. The molecule has 8 nitrogen and oxygen atoms in total. The van der Waals surface area contributed by atoms with Crippen LogP contribution in [0.4, 0.5) is 28.8 Å². The van der Waals surface area contributed by atoms with E-state index in [0.717, 1.165) is 44.1 Å². The van der Waals surface area contributed by atoms with Crippen LogP contribution in [0.3, 0.4) is 0 Å². The molecule has 178 valence electrons. The van der Waals surface area contributed by atoms with E-state index in [1.807, 2.05) is 24.3 Å². The van der Waals surface area contributed by atoms with Crippen LogP contribution >= 0.6 is 19.0 Å². The predicted molar refractivity (Wildman–Crippen MR) is 142 cm³/mol. The van der Waals surface area contributed by atoms with E-state index in [0.29, 0.717) is 33.5 Å². The van der Waals surface area contributed by atoms with Crippen molar-refractivity contribution in [2.24, 2.45) is 0 Å². The molecule has 4 rings (SSSR count). The molecule has 0 bridgehead atoms. The van der Waals surface area contributed by atoms with Crippen LogP contribution in [0.1, 0.15) is 6.92 Å². The molecule has 1 saturated heterocycles. The molecule has 0 amide bonds. The van der Waals surface area contributed by atoms with E-state index in [1.54, 1.807) is 19.2 Å². The van der Waals surface area contributed by atoms with Gasteiger partial charge in [0.15, 0.2) is 5.82 Å². The smallest absolute Gasteiger partial charge is 0.229 e. The molecule has 2 heterocycles. The van der Waals surface area contributed by atoms with Gasteiger partial charge in [0.2, 0.25) is 5.95 Å². The lowest BCUT2D eigenvalue weighted by atomic mass is 10.2. The largest absolute Gasteiger partial charge is 0.494 e. The van der Waals surface area contributed by atoms with E-state index in [1.165, 1.54) is 6.20 Å². The van der Waals surface area contributed by atoms with Crippen molar-refractivity contribution in [2.75, 3.05) is 55.4 Å². The molecule has 1 aromatic heterocycles. The minimum atomic E-state index is -1.78. The molecular weight excluding hydrogens is 471 g/mol. The monoisotopic (exact) mass is 498 g/mol. The van der Waals surface area contributed by atoms with Gasteiger partial charge in [0.1, 0.15) is 18.2 Å². The fraction of sp³-hybridized carbons (Fsp3) is 0.292. The third kappa shape index (κ3) is 5.53. The quantitative estimate of drug-likeness (QED) is 0.434. The van der Waals surface area contributed by atoms with Crippen molar-refractivity contribution in [1.29, 1.82) is 0 Å². The molecule has 0 saturated carbocycles. The molecule has 0 aliphatic carbocycles. The molecule has 2 N–H and O–H groups in total. The van der Waals surface area contributed by atoms with Gasteiger partial charge in [-0.15, -0.1) is 0 Å². The third-order valence-corrected chi connectivity index (χ3v) is 6.99. The van der Waals surface area contributed by atoms with E-state index in [4.69, 9.17) is 16.3 Å². The summed E-state index contributed by atoms with van der Waals surface area (Å²) in [7, 11) is -0.132. The van der Waals surface area contributed by atoms with Crippen molar-refractivity contribution in [2.45, 2.75) is 6.92 Å². The van der Waals surface area contributed by atoms with Crippen LogP contribution in [0, 0.1) is 0 Å². The van der Waals surface area contributed by atoms with Crippen molar-refractivity contribution in [3.63, 3.8) is 0 Å². The van der Waals surface area contributed by atoms with Crippen molar-refractivity contribution >= 4 is 59.5 Å². The van der Waals surface area contributed by atoms with Crippen LogP contribution in [0.5, 0.6) is 5.75 Å². The Balaban J connectivity index is 1.54. The first-order valence-corrected chi connectivity index (χ1v) is 12.9. The Hall–Kier alpha value is -3.06. The normalized spacial score (nSPS) is 14.6. The van der Waals surface area contributed by atoms with Gasteiger partial charge in [0, 0.05) is 37.9 Å². The Kier molecular flexibility index (Phi) is 7.73. The van der Waals surface area contributed by atoms with Gasteiger partial charge in [-0.05, 0) is 37.1 Å². The summed E-state index contributed by atoms with van der Waals surface area (Å²) in [5.41, 5.74) is 2.50. The van der Waals surface area contributed by atoms with Crippen LogP contribution in [0.15, 0.2) is 48.7 Å². The highest BCUT2D eigenvalue weighted by atomic mass is 35.5. The fourth-order valence-electron chi connectivity index (χ4n) is 3.86. The number of halogens is 1. The first-order valence-electron chi connectivity index (χ1n) is 11.1. The Morgan fingerprint density at radius 1 is 1.12 bits per heavy atom. The molecule has 1 fully saturated rings. The number of ether oxygens (including phenoxy) is 1. The van der Waals surface area contributed by atoms with E-state index in [9.17, 15) is 4.57 Å². The van der Waals surface area contributed by atoms with Crippen LogP contribution < -0.4 is 25.6 Å². The molecule has 1 aliphatic rings. The summed E-state index contributed by atoms with van der Waals surface area (Å²) in [6.45, 7) is 7.35. The van der Waals surface area contributed by atoms with Crippen LogP contribution in [-0.2, 0) is 4.57 Å². The maximum Gasteiger partial charge on any atom is 0.229 e. The van der Waals surface area contributed by atoms with Gasteiger partial charge in [-0.2, -0.15) is 4.98 Å². The van der Waals surface area contributed by atoms with E-state index >= 15 is 0 Å². The highest BCUT2D eigenvalue weighted by Crippen LogP contribution is 2.33. The van der Waals surface area contributed by atoms with Gasteiger partial charge in [-0.25, -0.2) is 4.98 Å². The zero-order valence-electron chi connectivity index (χ0n) is 19.3. The van der Waals surface area contributed by atoms with Gasteiger partial charge in [-0.1, -0.05) is 30.7 Å². The molecule has 1 atom stereocenters. The average molecular weight is 499 g/mol. The number of rotatable bonds is 8. The highest BCUT2D eigenvalue weighted by molar-refractivity contribution is 7.52. The Morgan fingerprint density at radius 2 is 1.88 bits per heavy atom. The van der Waals surface area contributed by atoms with Crippen molar-refractivity contribution in [1.82, 2.24) is 14.9 Å². The zero-order chi connectivity index (χ0) is 24.1. The van der Waals surface area contributed by atoms with Crippen LogP contribution in [0.25, 0.3) is 0 Å². The molecular formula is C24H28ClN6O2P. The van der Waals surface area contributed by atoms with Crippen LogP contribution in [-0.4, -0.2) is 61.0 Å². The fourth-order valence-corrected chi connectivity index (χ4v) is 4.65. The number of piperazine rings is 1. The minimum absolute atomic E-state index is 0.341. The number of benzene rings is 2. The number of methoxy groups -OCH3 is 1. The summed E-state index contributed by atoms with van der Waals surface area (Å²) in [5.74, 6) is 1.45. The summed E-state index contributed by atoms with van der Waals surface area (Å²) in [4.78, 5) is 13.6. The van der Waals surface area contributed by atoms with E-state index < -0.39 is 7.42 Å². The number of likely N-dealkylation sites (N-methyl/N-ethyl adjacent to an activating group) is 1. The maximum absolute atomic E-state index is 12.0. The van der Waals surface area contributed by atoms with E-state index in [2.05, 4.69) is 49.7 Å². The summed E-state index contributed by atoms with van der Waals surface area (Å²) in [5, 5.41) is 7.30. The number of para-hydroxylation sites is 1. The summed E-state index contributed by atoms with van der Waals surface area (Å²) in [6, 6.07) is 13.3. The van der Waals surface area contributed by atoms with Gasteiger partial charge in [-0.3, -0.25) is 4.57 Å². The molecule has 1 unspecified atom stereocenters. The molecule has 3 aromatic rings.